The first-order valence-corrected chi connectivity index (χ1v) is 11.2. The molecule has 32 heavy (non-hydrogen) atoms. The molecule has 1 aromatic carbocycles. The van der Waals surface area contributed by atoms with Crippen LogP contribution >= 0.6 is 0 Å². The highest BCUT2D eigenvalue weighted by atomic mass is 19.1. The minimum Gasteiger partial charge on any atom is -0.373 e. The summed E-state index contributed by atoms with van der Waals surface area (Å²) in [6.45, 7) is 4.71. The number of aromatic nitrogens is 3. The van der Waals surface area contributed by atoms with Crippen LogP contribution in [0, 0.1) is 5.82 Å². The molecule has 4 heterocycles. The Morgan fingerprint density at radius 1 is 1.28 bits per heavy atom. The maximum Gasteiger partial charge on any atom is 0.220 e. The lowest BCUT2D eigenvalue weighted by Gasteiger charge is -2.30. The summed E-state index contributed by atoms with van der Waals surface area (Å²) >= 11 is 0. The van der Waals surface area contributed by atoms with Crippen molar-refractivity contribution in [2.24, 2.45) is 7.05 Å². The van der Waals surface area contributed by atoms with Crippen LogP contribution in [0.15, 0.2) is 24.4 Å². The molecule has 1 amide bonds. The minimum absolute atomic E-state index is 0.0543. The standard InChI is InChI=1S/C24H29FN6O/c1-15(32)31-9-4-5-22(31)24-27-20-14-30(10-8-18(20)23(26-2)28-24)13-16-12-29(3)21-7-6-17(25)11-19(16)21/h6-7,11-12,22H,4-5,8-10,13-14H2,1-3H3,(H,26,27,28)/t22-/m0/s1. The molecule has 8 heteroatoms. The zero-order chi connectivity index (χ0) is 22.4. The molecule has 2 aliphatic heterocycles. The second kappa shape index (κ2) is 8.16. The molecule has 0 radical (unpaired) electrons. The third-order valence-corrected chi connectivity index (χ3v) is 6.78. The number of fused-ring (bicyclic) bond motifs is 2. The van der Waals surface area contributed by atoms with Crippen molar-refractivity contribution in [1.29, 1.82) is 0 Å². The van der Waals surface area contributed by atoms with E-state index in [2.05, 4.69) is 21.0 Å². The van der Waals surface area contributed by atoms with Crippen LogP contribution in [0.1, 0.15) is 48.5 Å². The topological polar surface area (TPSA) is 66.3 Å². The maximum absolute atomic E-state index is 13.9. The van der Waals surface area contributed by atoms with E-state index in [9.17, 15) is 9.18 Å². The Morgan fingerprint density at radius 3 is 2.91 bits per heavy atom. The Bertz CT molecular complexity index is 1190. The number of hydrogen-bond donors (Lipinski definition) is 1. The second-order valence-corrected chi connectivity index (χ2v) is 8.86. The van der Waals surface area contributed by atoms with Crippen LogP contribution in [-0.4, -0.2) is 50.4 Å². The number of aryl methyl sites for hydroxylation is 1. The molecular formula is C24H29FN6O. The quantitative estimate of drug-likeness (QED) is 0.679. The van der Waals surface area contributed by atoms with Crippen molar-refractivity contribution in [1.82, 2.24) is 24.3 Å². The molecule has 0 unspecified atom stereocenters. The number of benzene rings is 1. The van der Waals surface area contributed by atoms with E-state index in [-0.39, 0.29) is 17.8 Å². The first-order chi connectivity index (χ1) is 15.4. The number of halogens is 1. The highest BCUT2D eigenvalue weighted by Crippen LogP contribution is 2.33. The summed E-state index contributed by atoms with van der Waals surface area (Å²) in [5.41, 5.74) is 4.33. The molecule has 2 aromatic heterocycles. The fourth-order valence-corrected chi connectivity index (χ4v) is 5.22. The van der Waals surface area contributed by atoms with Gasteiger partial charge in [-0.1, -0.05) is 0 Å². The molecular weight excluding hydrogens is 407 g/mol. The van der Waals surface area contributed by atoms with Gasteiger partial charge in [0.1, 0.15) is 11.6 Å². The van der Waals surface area contributed by atoms with Crippen molar-refractivity contribution in [3.05, 3.63) is 52.9 Å². The number of rotatable bonds is 4. The number of nitrogens with zero attached hydrogens (tertiary/aromatic N) is 5. The van der Waals surface area contributed by atoms with E-state index in [1.807, 2.05) is 25.1 Å². The van der Waals surface area contributed by atoms with Gasteiger partial charge in [0.15, 0.2) is 5.82 Å². The predicted molar refractivity (Wildman–Crippen MR) is 122 cm³/mol. The Morgan fingerprint density at radius 2 is 2.12 bits per heavy atom. The van der Waals surface area contributed by atoms with E-state index in [0.29, 0.717) is 6.54 Å². The molecule has 1 N–H and O–H groups in total. The summed E-state index contributed by atoms with van der Waals surface area (Å²) in [5.74, 6) is 1.46. The van der Waals surface area contributed by atoms with E-state index < -0.39 is 0 Å². The van der Waals surface area contributed by atoms with Crippen molar-refractivity contribution in [2.75, 3.05) is 25.5 Å². The van der Waals surface area contributed by atoms with Crippen molar-refractivity contribution in [3.8, 4) is 0 Å². The fourth-order valence-electron chi connectivity index (χ4n) is 5.22. The average Bonchev–Trinajstić information content (AvgIpc) is 3.38. The first-order valence-electron chi connectivity index (χ1n) is 11.2. The third kappa shape index (κ3) is 3.62. The molecule has 1 fully saturated rings. The first kappa shape index (κ1) is 20.9. The van der Waals surface area contributed by atoms with Crippen LogP contribution in [0.2, 0.25) is 0 Å². The summed E-state index contributed by atoms with van der Waals surface area (Å²) in [7, 11) is 3.89. The van der Waals surface area contributed by atoms with E-state index in [1.54, 1.807) is 13.0 Å². The van der Waals surface area contributed by atoms with Gasteiger partial charge < -0.3 is 14.8 Å². The molecule has 3 aromatic rings. The number of nitrogens with one attached hydrogen (secondary N) is 1. The lowest BCUT2D eigenvalue weighted by molar-refractivity contribution is -0.129. The number of carbonyl (C=O) groups excluding carboxylic acids is 1. The Hall–Kier alpha value is -3.00. The van der Waals surface area contributed by atoms with E-state index in [4.69, 9.17) is 9.97 Å². The SMILES string of the molecule is CNc1nc([C@@H]2CCCN2C(C)=O)nc2c1CCN(Cc1cn(C)c3ccc(F)cc13)C2. The molecule has 0 spiro atoms. The number of likely N-dealkylation sites (tertiary alicyclic amines) is 1. The van der Waals surface area contributed by atoms with Crippen molar-refractivity contribution in [2.45, 2.75) is 45.3 Å². The fraction of sp³-hybridized carbons (Fsp3) is 0.458. The Labute approximate surface area is 187 Å². The lowest BCUT2D eigenvalue weighted by atomic mass is 10.0. The van der Waals surface area contributed by atoms with Crippen molar-refractivity contribution in [3.63, 3.8) is 0 Å². The van der Waals surface area contributed by atoms with Gasteiger partial charge >= 0.3 is 0 Å². The number of amides is 1. The van der Waals surface area contributed by atoms with Gasteiger partial charge in [-0.25, -0.2) is 14.4 Å². The van der Waals surface area contributed by atoms with E-state index in [1.165, 1.54) is 6.07 Å². The van der Waals surface area contributed by atoms with Gasteiger partial charge in [0.05, 0.1) is 11.7 Å². The zero-order valence-corrected chi connectivity index (χ0v) is 18.9. The minimum atomic E-state index is -0.212. The van der Waals surface area contributed by atoms with Crippen molar-refractivity contribution < 1.29 is 9.18 Å². The van der Waals surface area contributed by atoms with Gasteiger partial charge in [-0.2, -0.15) is 0 Å². The molecule has 7 nitrogen and oxygen atoms in total. The van der Waals surface area contributed by atoms with Crippen LogP contribution < -0.4 is 5.32 Å². The maximum atomic E-state index is 13.9. The van der Waals surface area contributed by atoms with Crippen molar-refractivity contribution >= 4 is 22.6 Å². The van der Waals surface area contributed by atoms with Crippen LogP contribution in [0.4, 0.5) is 10.2 Å². The van der Waals surface area contributed by atoms with Gasteiger partial charge in [-0.15, -0.1) is 0 Å². The monoisotopic (exact) mass is 436 g/mol. The van der Waals surface area contributed by atoms with Gasteiger partial charge in [0.2, 0.25) is 5.91 Å². The van der Waals surface area contributed by atoms with Gasteiger partial charge in [-0.05, 0) is 43.0 Å². The van der Waals surface area contributed by atoms with Gasteiger partial charge in [-0.3, -0.25) is 9.69 Å². The number of hydrogen-bond acceptors (Lipinski definition) is 5. The Balaban J connectivity index is 1.44. The summed E-state index contributed by atoms with van der Waals surface area (Å²) in [6, 6.07) is 4.91. The van der Waals surface area contributed by atoms with Crippen LogP contribution in [0.5, 0.6) is 0 Å². The lowest BCUT2D eigenvalue weighted by Crippen LogP contribution is -2.33. The molecule has 168 valence electrons. The summed E-state index contributed by atoms with van der Waals surface area (Å²) in [6.07, 6.45) is 4.81. The van der Waals surface area contributed by atoms with Crippen LogP contribution in [-0.2, 0) is 31.4 Å². The molecule has 0 bridgehead atoms. The highest BCUT2D eigenvalue weighted by molar-refractivity contribution is 5.84. The molecule has 2 aliphatic rings. The third-order valence-electron chi connectivity index (χ3n) is 6.78. The molecule has 0 saturated carbocycles. The molecule has 0 aliphatic carbocycles. The number of carbonyl (C=O) groups is 1. The van der Waals surface area contributed by atoms with E-state index >= 15 is 0 Å². The van der Waals surface area contributed by atoms with E-state index in [0.717, 1.165) is 78.3 Å². The highest BCUT2D eigenvalue weighted by Gasteiger charge is 2.32. The molecule has 1 saturated heterocycles. The summed E-state index contributed by atoms with van der Waals surface area (Å²) in [4.78, 5) is 26.1. The molecule has 5 rings (SSSR count). The predicted octanol–water partition coefficient (Wildman–Crippen LogP) is 3.39. The smallest absolute Gasteiger partial charge is 0.220 e. The Kier molecular flexibility index (Phi) is 5.33. The largest absolute Gasteiger partial charge is 0.373 e. The molecule has 1 atom stereocenters. The zero-order valence-electron chi connectivity index (χ0n) is 18.9. The summed E-state index contributed by atoms with van der Waals surface area (Å²) in [5, 5.41) is 4.20. The summed E-state index contributed by atoms with van der Waals surface area (Å²) < 4.78 is 15.9. The average molecular weight is 437 g/mol. The second-order valence-electron chi connectivity index (χ2n) is 8.86. The van der Waals surface area contributed by atoms with Crippen LogP contribution in [0.25, 0.3) is 10.9 Å². The normalized spacial score (nSPS) is 18.9. The van der Waals surface area contributed by atoms with Gasteiger partial charge in [0.25, 0.3) is 0 Å². The van der Waals surface area contributed by atoms with Crippen LogP contribution in [0.3, 0.4) is 0 Å². The van der Waals surface area contributed by atoms with Gasteiger partial charge in [0, 0.05) is 69.9 Å². The number of anilines is 1.